The van der Waals surface area contributed by atoms with E-state index < -0.39 is 0 Å². The SMILES string of the molecule is NCc1nc(-c2ccc(NC(=O)C3CCCN(C(=O)N4CCCC4)C3)cc2)n[nH]1. The second-order valence-corrected chi connectivity index (χ2v) is 7.64. The van der Waals surface area contributed by atoms with Gasteiger partial charge >= 0.3 is 6.03 Å². The van der Waals surface area contributed by atoms with Gasteiger partial charge in [0.15, 0.2) is 5.82 Å². The Morgan fingerprint density at radius 3 is 2.52 bits per heavy atom. The van der Waals surface area contributed by atoms with Crippen LogP contribution in [0.5, 0.6) is 0 Å². The largest absolute Gasteiger partial charge is 0.326 e. The molecule has 9 heteroatoms. The highest BCUT2D eigenvalue weighted by Crippen LogP contribution is 2.23. The minimum atomic E-state index is -0.185. The van der Waals surface area contributed by atoms with E-state index in [1.165, 1.54) is 0 Å². The highest BCUT2D eigenvalue weighted by molar-refractivity contribution is 5.93. The van der Waals surface area contributed by atoms with Crippen molar-refractivity contribution in [2.45, 2.75) is 32.2 Å². The fourth-order valence-corrected chi connectivity index (χ4v) is 3.94. The molecule has 2 fully saturated rings. The lowest BCUT2D eigenvalue weighted by molar-refractivity contribution is -0.121. The van der Waals surface area contributed by atoms with Gasteiger partial charge in [0.25, 0.3) is 0 Å². The molecule has 4 N–H and O–H groups in total. The molecule has 4 rings (SSSR count). The van der Waals surface area contributed by atoms with E-state index in [1.54, 1.807) is 0 Å². The van der Waals surface area contributed by atoms with Crippen molar-refractivity contribution in [2.75, 3.05) is 31.5 Å². The van der Waals surface area contributed by atoms with Gasteiger partial charge in [-0.25, -0.2) is 9.78 Å². The maximum atomic E-state index is 12.7. The predicted molar refractivity (Wildman–Crippen MR) is 109 cm³/mol. The van der Waals surface area contributed by atoms with Gasteiger partial charge in [-0.1, -0.05) is 0 Å². The third kappa shape index (κ3) is 4.40. The van der Waals surface area contributed by atoms with Crippen molar-refractivity contribution in [2.24, 2.45) is 11.7 Å². The number of benzene rings is 1. The first kappa shape index (κ1) is 19.4. The number of aromatic amines is 1. The van der Waals surface area contributed by atoms with Crippen molar-refractivity contribution in [1.82, 2.24) is 25.0 Å². The van der Waals surface area contributed by atoms with Crippen LogP contribution in [0.25, 0.3) is 11.4 Å². The summed E-state index contributed by atoms with van der Waals surface area (Å²) in [4.78, 5) is 33.4. The quantitative estimate of drug-likeness (QED) is 0.726. The first-order valence-corrected chi connectivity index (χ1v) is 10.2. The molecular formula is C20H27N7O2. The van der Waals surface area contributed by atoms with Gasteiger partial charge in [-0.15, -0.1) is 0 Å². The van der Waals surface area contributed by atoms with Crippen molar-refractivity contribution < 1.29 is 9.59 Å². The zero-order valence-electron chi connectivity index (χ0n) is 16.4. The fraction of sp³-hybridized carbons (Fsp3) is 0.500. The Labute approximate surface area is 169 Å². The molecule has 9 nitrogen and oxygen atoms in total. The molecule has 2 aromatic rings. The number of amides is 3. The molecule has 0 aliphatic carbocycles. The van der Waals surface area contributed by atoms with Crippen molar-refractivity contribution in [1.29, 1.82) is 0 Å². The summed E-state index contributed by atoms with van der Waals surface area (Å²) in [5.41, 5.74) is 7.11. The number of carbonyl (C=O) groups is 2. The maximum absolute atomic E-state index is 12.7. The fourth-order valence-electron chi connectivity index (χ4n) is 3.94. The normalized spacial score (nSPS) is 19.4. The summed E-state index contributed by atoms with van der Waals surface area (Å²) in [6, 6.07) is 7.48. The van der Waals surface area contributed by atoms with Crippen LogP contribution < -0.4 is 11.1 Å². The van der Waals surface area contributed by atoms with Crippen molar-refractivity contribution in [3.63, 3.8) is 0 Å². The smallest absolute Gasteiger partial charge is 0.320 e. The number of hydrogen-bond donors (Lipinski definition) is 3. The summed E-state index contributed by atoms with van der Waals surface area (Å²) >= 11 is 0. The van der Waals surface area contributed by atoms with Crippen molar-refractivity contribution in [3.05, 3.63) is 30.1 Å². The molecule has 29 heavy (non-hydrogen) atoms. The minimum Gasteiger partial charge on any atom is -0.326 e. The van der Waals surface area contributed by atoms with E-state index in [-0.39, 0.29) is 17.9 Å². The lowest BCUT2D eigenvalue weighted by Crippen LogP contribution is -2.48. The highest BCUT2D eigenvalue weighted by Gasteiger charge is 2.31. The molecule has 0 bridgehead atoms. The van der Waals surface area contributed by atoms with Gasteiger partial charge in [-0.05, 0) is 49.9 Å². The summed E-state index contributed by atoms with van der Waals surface area (Å²) in [5.74, 6) is 0.976. The molecule has 1 aromatic carbocycles. The monoisotopic (exact) mass is 397 g/mol. The Balaban J connectivity index is 1.35. The van der Waals surface area contributed by atoms with E-state index in [4.69, 9.17) is 5.73 Å². The van der Waals surface area contributed by atoms with Gasteiger partial charge in [0.05, 0.1) is 12.5 Å². The summed E-state index contributed by atoms with van der Waals surface area (Å²) in [6.07, 6.45) is 3.79. The number of aromatic nitrogens is 3. The van der Waals surface area contributed by atoms with Crippen LogP contribution in [0.15, 0.2) is 24.3 Å². The molecule has 0 spiro atoms. The average Bonchev–Trinajstić information content (AvgIpc) is 3.46. The van der Waals surface area contributed by atoms with Gasteiger partial charge in [0, 0.05) is 37.4 Å². The second-order valence-electron chi connectivity index (χ2n) is 7.64. The average molecular weight is 397 g/mol. The second kappa shape index (κ2) is 8.60. The number of H-pyrrole nitrogens is 1. The van der Waals surface area contributed by atoms with Crippen LogP contribution in [0.3, 0.4) is 0 Å². The highest BCUT2D eigenvalue weighted by atomic mass is 16.2. The van der Waals surface area contributed by atoms with Gasteiger partial charge in [-0.2, -0.15) is 5.10 Å². The zero-order valence-corrected chi connectivity index (χ0v) is 16.4. The number of anilines is 1. The Hall–Kier alpha value is -2.94. The Bertz CT molecular complexity index is 858. The van der Waals surface area contributed by atoms with E-state index in [2.05, 4.69) is 20.5 Å². The van der Waals surface area contributed by atoms with Crippen LogP contribution >= 0.6 is 0 Å². The van der Waals surface area contributed by atoms with E-state index in [1.807, 2.05) is 34.1 Å². The zero-order chi connectivity index (χ0) is 20.2. The van der Waals surface area contributed by atoms with E-state index in [0.29, 0.717) is 24.7 Å². The Kier molecular flexibility index (Phi) is 5.75. The lowest BCUT2D eigenvalue weighted by atomic mass is 9.97. The van der Waals surface area contributed by atoms with Crippen LogP contribution in [-0.4, -0.2) is 63.1 Å². The third-order valence-electron chi connectivity index (χ3n) is 5.57. The third-order valence-corrected chi connectivity index (χ3v) is 5.57. The molecule has 1 aromatic heterocycles. The first-order chi connectivity index (χ1) is 14.1. The Morgan fingerprint density at radius 1 is 1.10 bits per heavy atom. The number of hydrogen-bond acceptors (Lipinski definition) is 5. The lowest BCUT2D eigenvalue weighted by Gasteiger charge is -2.34. The molecule has 0 radical (unpaired) electrons. The van der Waals surface area contributed by atoms with Gasteiger partial charge < -0.3 is 20.9 Å². The van der Waals surface area contributed by atoms with Crippen molar-refractivity contribution in [3.8, 4) is 11.4 Å². The Morgan fingerprint density at radius 2 is 1.83 bits per heavy atom. The molecule has 3 amide bonds. The number of nitrogens with one attached hydrogen (secondary N) is 2. The van der Waals surface area contributed by atoms with Crippen LogP contribution in [0, 0.1) is 5.92 Å². The van der Waals surface area contributed by atoms with Crippen LogP contribution in [0.4, 0.5) is 10.5 Å². The molecular weight excluding hydrogens is 370 g/mol. The predicted octanol–water partition coefficient (Wildman–Crippen LogP) is 1.80. The minimum absolute atomic E-state index is 0.0417. The van der Waals surface area contributed by atoms with Crippen LogP contribution in [0.1, 0.15) is 31.5 Å². The molecule has 2 aliphatic heterocycles. The molecule has 2 aliphatic rings. The molecule has 2 saturated heterocycles. The van der Waals surface area contributed by atoms with Crippen LogP contribution in [0.2, 0.25) is 0 Å². The number of likely N-dealkylation sites (tertiary alicyclic amines) is 2. The number of nitrogens with two attached hydrogens (primary N) is 1. The molecule has 0 saturated carbocycles. The molecule has 154 valence electrons. The van der Waals surface area contributed by atoms with E-state index in [0.717, 1.165) is 56.6 Å². The summed E-state index contributed by atoms with van der Waals surface area (Å²) in [7, 11) is 0. The first-order valence-electron chi connectivity index (χ1n) is 10.2. The number of carbonyl (C=O) groups excluding carboxylic acids is 2. The molecule has 1 atom stereocenters. The maximum Gasteiger partial charge on any atom is 0.320 e. The summed E-state index contributed by atoms with van der Waals surface area (Å²) < 4.78 is 0. The number of piperidine rings is 1. The molecule has 3 heterocycles. The van der Waals surface area contributed by atoms with Gasteiger partial charge in [0.1, 0.15) is 5.82 Å². The number of nitrogens with zero attached hydrogens (tertiary/aromatic N) is 4. The number of urea groups is 1. The van der Waals surface area contributed by atoms with Gasteiger partial charge in [0.2, 0.25) is 5.91 Å². The number of rotatable bonds is 4. The van der Waals surface area contributed by atoms with Gasteiger partial charge in [-0.3, -0.25) is 9.89 Å². The topological polar surface area (TPSA) is 120 Å². The van der Waals surface area contributed by atoms with E-state index in [9.17, 15) is 9.59 Å². The van der Waals surface area contributed by atoms with E-state index >= 15 is 0 Å². The van der Waals surface area contributed by atoms with Crippen molar-refractivity contribution >= 4 is 17.6 Å². The van der Waals surface area contributed by atoms with Crippen LogP contribution in [-0.2, 0) is 11.3 Å². The summed E-state index contributed by atoms with van der Waals surface area (Å²) in [5, 5.41) is 9.90. The summed E-state index contributed by atoms with van der Waals surface area (Å²) in [6.45, 7) is 3.18. The standard InChI is InChI=1S/C20H27N7O2/c21-12-17-23-18(25-24-17)14-5-7-16(8-6-14)22-19(28)15-4-3-11-27(13-15)20(29)26-9-1-2-10-26/h5-8,15H,1-4,9-13,21H2,(H,22,28)(H,23,24,25). The molecule has 1 unspecified atom stereocenters.